The molecule has 3 aromatic carbocycles. The summed E-state index contributed by atoms with van der Waals surface area (Å²) in [7, 11) is 1.85. The van der Waals surface area contributed by atoms with Crippen molar-refractivity contribution in [1.82, 2.24) is 20.4 Å². The van der Waals surface area contributed by atoms with E-state index in [-0.39, 0.29) is 77.7 Å². The van der Waals surface area contributed by atoms with Crippen molar-refractivity contribution in [1.29, 1.82) is 0 Å². The minimum absolute atomic E-state index is 0.0000131. The van der Waals surface area contributed by atoms with Crippen LogP contribution in [0.3, 0.4) is 0 Å². The van der Waals surface area contributed by atoms with Crippen LogP contribution in [0.15, 0.2) is 121 Å². The molecule has 1 aliphatic carbocycles. The van der Waals surface area contributed by atoms with Crippen molar-refractivity contribution in [2.45, 2.75) is 105 Å². The quantitative estimate of drug-likeness (QED) is 0.0639. The van der Waals surface area contributed by atoms with Gasteiger partial charge in [0.05, 0.1) is 26.2 Å². The van der Waals surface area contributed by atoms with Crippen molar-refractivity contribution in [3.63, 3.8) is 0 Å². The fraction of sp³-hybridized carbons (Fsp3) is 0.379. The Kier molecular flexibility index (Phi) is 22.7. The van der Waals surface area contributed by atoms with Gasteiger partial charge in [-0.2, -0.15) is 0 Å². The van der Waals surface area contributed by atoms with E-state index in [1.54, 1.807) is 18.2 Å². The van der Waals surface area contributed by atoms with Crippen LogP contribution >= 0.6 is 0 Å². The number of aldehydes is 1. The molecular weight excluding hydrogens is 957 g/mol. The third kappa shape index (κ3) is 16.5. The Labute approximate surface area is 440 Å². The van der Waals surface area contributed by atoms with Crippen molar-refractivity contribution in [3.8, 4) is 11.1 Å². The average molecular weight is 1030 g/mol. The molecule has 2 atom stereocenters. The molecule has 7 rings (SSSR count). The molecule has 17 heteroatoms. The lowest BCUT2D eigenvalue weighted by atomic mass is 9.70. The van der Waals surface area contributed by atoms with E-state index >= 15 is 0 Å². The molecule has 4 N–H and O–H groups in total. The molecule has 3 aliphatic heterocycles. The summed E-state index contributed by atoms with van der Waals surface area (Å²) in [4.78, 5) is 98.0. The Morgan fingerprint density at radius 2 is 1.27 bits per heavy atom. The van der Waals surface area contributed by atoms with Gasteiger partial charge in [0.1, 0.15) is 41.3 Å². The Morgan fingerprint density at radius 1 is 0.720 bits per heavy atom. The Hall–Kier alpha value is -7.92. The monoisotopic (exact) mass is 1030 g/mol. The molecule has 2 saturated heterocycles. The van der Waals surface area contributed by atoms with Gasteiger partial charge in [-0.05, 0) is 89.8 Å². The first-order valence-corrected chi connectivity index (χ1v) is 25.1. The van der Waals surface area contributed by atoms with Crippen molar-refractivity contribution in [2.75, 3.05) is 37.4 Å². The minimum Gasteiger partial charge on any atom is -0.458 e. The molecule has 0 aromatic heterocycles. The van der Waals surface area contributed by atoms with Gasteiger partial charge in [0, 0.05) is 49.3 Å². The third-order valence-corrected chi connectivity index (χ3v) is 12.7. The highest BCUT2D eigenvalue weighted by molar-refractivity contribution is 6.08. The number of rotatable bonds is 15. The number of ether oxygens (including phenoxy) is 3. The van der Waals surface area contributed by atoms with Gasteiger partial charge < -0.3 is 45.2 Å². The molecule has 4 aliphatic rings. The molecule has 0 radical (unpaired) electrons. The number of esters is 2. The lowest BCUT2D eigenvalue weighted by Gasteiger charge is -2.39. The maximum atomic E-state index is 13.1. The summed E-state index contributed by atoms with van der Waals surface area (Å²) >= 11 is 0. The fourth-order valence-corrected chi connectivity index (χ4v) is 8.82. The normalized spacial score (nSPS) is 17.4. The lowest BCUT2D eigenvalue weighted by molar-refractivity contribution is -0.153. The van der Waals surface area contributed by atoms with Crippen LogP contribution in [0.2, 0.25) is 0 Å². The number of nitrogens with zero attached hydrogens (tertiary/aromatic N) is 2. The summed E-state index contributed by atoms with van der Waals surface area (Å²) in [5.74, 6) is -3.08. The van der Waals surface area contributed by atoms with E-state index in [1.807, 2.05) is 75.5 Å². The molecule has 75 heavy (non-hydrogen) atoms. The number of benzene rings is 3. The minimum atomic E-state index is -0.712. The summed E-state index contributed by atoms with van der Waals surface area (Å²) < 4.78 is 16.3. The van der Waals surface area contributed by atoms with Gasteiger partial charge in [-0.25, -0.2) is 9.59 Å². The first-order valence-electron chi connectivity index (χ1n) is 25.1. The zero-order valence-corrected chi connectivity index (χ0v) is 44.3. The van der Waals surface area contributed by atoms with E-state index in [4.69, 9.17) is 19.0 Å². The highest BCUT2D eigenvalue weighted by Gasteiger charge is 2.38. The molecule has 400 valence electrons. The smallest absolute Gasteiger partial charge is 0.354 e. The first kappa shape index (κ1) is 59.6. The van der Waals surface area contributed by atoms with Crippen LogP contribution in [-0.2, 0) is 54.3 Å². The van der Waals surface area contributed by atoms with Gasteiger partial charge in [-0.3, -0.25) is 28.9 Å². The highest BCUT2D eigenvalue weighted by atomic mass is 16.6. The standard InChI is InChI=1S/C28H35N3O5.C26H27N3O5.C2H4O.C2H6/c1-18(27(35)36-24-9-7-6-8-23(24)28(3,4)5)30-26(34)19(2)31-16-21(15-25(31)33)14-20-10-12-22(13-11-20)29-17-32;1-16(26(32)34-20-11-13-33-14-12-20)28-24(30)17(2)29-15-23-21(5-4-6-22(23)25(29)31)18-7-9-19(27-3)10-8-18;1-2-3;1-2/h10-14,17,23-24H,1-2,6-9,15-16H2,3-5H3,(H,29,32)(H,30,34);4-10,20,27H,1-2,11-15H2,3H3,(H,28,30);2H,1H3;1-2H3/b21-14-;;;. The van der Waals surface area contributed by atoms with E-state index in [9.17, 15) is 33.6 Å². The lowest BCUT2D eigenvalue weighted by Crippen LogP contribution is -2.40. The van der Waals surface area contributed by atoms with Gasteiger partial charge in [-0.15, -0.1) is 0 Å². The van der Waals surface area contributed by atoms with Gasteiger partial charge in [-0.1, -0.05) is 110 Å². The Balaban J connectivity index is 0.000000299. The predicted octanol–water partition coefficient (Wildman–Crippen LogP) is 8.61. The van der Waals surface area contributed by atoms with Crippen LogP contribution in [0.5, 0.6) is 0 Å². The number of carbonyl (C=O) groups is 8. The number of likely N-dealkylation sites (tertiary alicyclic amines) is 1. The summed E-state index contributed by atoms with van der Waals surface area (Å²) in [6.07, 6.45) is 7.94. The number of hydrogen-bond acceptors (Lipinski definition) is 12. The maximum Gasteiger partial charge on any atom is 0.354 e. The summed E-state index contributed by atoms with van der Waals surface area (Å²) in [5, 5.41) is 10.5. The van der Waals surface area contributed by atoms with Crippen LogP contribution in [-0.4, -0.2) is 97.1 Å². The van der Waals surface area contributed by atoms with E-state index in [0.29, 0.717) is 43.7 Å². The van der Waals surface area contributed by atoms with Crippen molar-refractivity contribution in [3.05, 3.63) is 138 Å². The summed E-state index contributed by atoms with van der Waals surface area (Å²) in [5.41, 5.74) is 6.01. The number of amides is 5. The number of anilines is 2. The second-order valence-electron chi connectivity index (χ2n) is 18.8. The highest BCUT2D eigenvalue weighted by Crippen LogP contribution is 2.40. The second kappa shape index (κ2) is 28.5. The van der Waals surface area contributed by atoms with Gasteiger partial charge in [0.2, 0.25) is 12.3 Å². The number of hydrogen-bond donors (Lipinski definition) is 4. The fourth-order valence-electron chi connectivity index (χ4n) is 8.82. The van der Waals surface area contributed by atoms with Crippen LogP contribution in [0.25, 0.3) is 17.2 Å². The van der Waals surface area contributed by atoms with Crippen LogP contribution < -0.4 is 21.3 Å². The van der Waals surface area contributed by atoms with Crippen molar-refractivity contribution in [2.24, 2.45) is 11.3 Å². The second-order valence-corrected chi connectivity index (χ2v) is 18.8. The van der Waals surface area contributed by atoms with E-state index < -0.39 is 23.8 Å². The van der Waals surface area contributed by atoms with Crippen molar-refractivity contribution >= 4 is 65.7 Å². The zero-order valence-electron chi connectivity index (χ0n) is 44.3. The largest absolute Gasteiger partial charge is 0.458 e. The van der Waals surface area contributed by atoms with Crippen LogP contribution in [0, 0.1) is 11.3 Å². The summed E-state index contributed by atoms with van der Waals surface area (Å²) in [6, 6.07) is 20.5. The SMILES string of the molecule is C=C(NC(=O)C(=C)N1C/C(=C\c2ccc(NC=O)cc2)CC1=O)C(=O)OC1CCCCC1C(C)(C)C.C=C(NC(=O)C(=C)N1Cc2c(cccc2-c2ccc(NC)cc2)C1=O)C(=O)OC1CCOCC1.CC.CC=O. The molecule has 1 saturated carbocycles. The van der Waals surface area contributed by atoms with Gasteiger partial charge >= 0.3 is 11.9 Å². The van der Waals surface area contributed by atoms with E-state index in [0.717, 1.165) is 65.5 Å². The molecule has 3 aromatic rings. The topological polar surface area (TPSA) is 219 Å². The van der Waals surface area contributed by atoms with E-state index in [2.05, 4.69) is 68.4 Å². The molecule has 0 bridgehead atoms. The summed E-state index contributed by atoms with van der Waals surface area (Å²) in [6.45, 7) is 28.2. The Morgan fingerprint density at radius 3 is 1.84 bits per heavy atom. The first-order chi connectivity index (χ1) is 35.8. The van der Waals surface area contributed by atoms with Crippen LogP contribution in [0.4, 0.5) is 11.4 Å². The molecular formula is C58H72N6O11. The molecule has 0 spiro atoms. The zero-order chi connectivity index (χ0) is 55.4. The third-order valence-electron chi connectivity index (χ3n) is 12.7. The molecule has 3 fully saturated rings. The predicted molar refractivity (Wildman–Crippen MR) is 289 cm³/mol. The van der Waals surface area contributed by atoms with E-state index in [1.165, 1.54) is 16.7 Å². The van der Waals surface area contributed by atoms with Crippen LogP contribution in [0.1, 0.15) is 108 Å². The van der Waals surface area contributed by atoms with Gasteiger partial charge in [0.25, 0.3) is 17.7 Å². The molecule has 5 amide bonds. The number of nitrogens with one attached hydrogen (secondary N) is 4. The maximum absolute atomic E-state index is 13.1. The average Bonchev–Trinajstić information content (AvgIpc) is 3.95. The number of carbonyl (C=O) groups excluding carboxylic acids is 8. The van der Waals surface area contributed by atoms with Crippen molar-refractivity contribution < 1.29 is 52.6 Å². The Bertz CT molecular complexity index is 2640. The molecule has 17 nitrogen and oxygen atoms in total. The van der Waals surface area contributed by atoms with Gasteiger partial charge in [0.15, 0.2) is 0 Å². The number of fused-ring (bicyclic) bond motifs is 1. The molecule has 2 unspecified atom stereocenters. The molecule has 3 heterocycles.